The molecule has 0 spiro atoms. The van der Waals surface area contributed by atoms with E-state index in [-0.39, 0.29) is 12.0 Å². The Hall–Kier alpha value is -2.38. The fraction of sp³-hybridized carbons (Fsp3) is 0.312. The van der Waals surface area contributed by atoms with Crippen molar-refractivity contribution in [2.45, 2.75) is 6.42 Å². The van der Waals surface area contributed by atoms with E-state index in [0.717, 1.165) is 0 Å². The molecule has 0 atom stereocenters. The third-order valence-corrected chi connectivity index (χ3v) is 3.94. The third-order valence-electron chi connectivity index (χ3n) is 3.71. The molecule has 2 aromatic rings. The lowest BCUT2D eigenvalue weighted by Crippen LogP contribution is -2.38. The molecule has 24 heavy (non-hydrogen) atoms. The van der Waals surface area contributed by atoms with Crippen molar-refractivity contribution in [3.63, 3.8) is 0 Å². The molecule has 0 saturated carbocycles. The molecule has 2 heterocycles. The number of carbonyl (C=O) groups excluding carboxylic acids is 1. The first-order valence-corrected chi connectivity index (χ1v) is 7.92. The van der Waals surface area contributed by atoms with Crippen LogP contribution in [0.25, 0.3) is 5.69 Å². The molecule has 1 fully saturated rings. The Bertz CT molecular complexity index is 815. The van der Waals surface area contributed by atoms with Crippen LogP contribution in [0.4, 0.5) is 5.82 Å². The normalized spacial score (nSPS) is 14.6. The Morgan fingerprint density at radius 2 is 2.04 bits per heavy atom. The predicted molar refractivity (Wildman–Crippen MR) is 90.8 cm³/mol. The summed E-state index contributed by atoms with van der Waals surface area (Å²) < 4.78 is 6.67. The quantitative estimate of drug-likeness (QED) is 0.880. The maximum atomic E-state index is 12.7. The van der Waals surface area contributed by atoms with Gasteiger partial charge in [0.15, 0.2) is 0 Å². The van der Waals surface area contributed by atoms with E-state index in [4.69, 9.17) is 22.1 Å². The van der Waals surface area contributed by atoms with Crippen LogP contribution < -0.4 is 16.2 Å². The smallest absolute Gasteiger partial charge is 0.260 e. The Kier molecular flexibility index (Phi) is 4.82. The first-order valence-electron chi connectivity index (χ1n) is 7.54. The number of anilines is 1. The highest BCUT2D eigenvalue weighted by Crippen LogP contribution is 2.17. The van der Waals surface area contributed by atoms with Crippen LogP contribution in [0.5, 0.6) is 0 Å². The summed E-state index contributed by atoms with van der Waals surface area (Å²) in [6, 6.07) is 8.27. The van der Waals surface area contributed by atoms with Crippen LogP contribution in [0.15, 0.2) is 35.1 Å². The van der Waals surface area contributed by atoms with E-state index in [1.807, 2.05) is 4.90 Å². The summed E-state index contributed by atoms with van der Waals surface area (Å²) in [5.74, 6) is 0.258. The molecule has 1 amide bonds. The van der Waals surface area contributed by atoms with Crippen molar-refractivity contribution in [3.8, 4) is 5.69 Å². The number of halogens is 1. The standard InChI is InChI=1S/C16H17ClN4O3/c17-11-2-1-3-12(8-11)21-15(9-13(18)22)19-14(10-16(21)23)20-4-6-24-7-5-20/h1-3,8,10H,4-7,9H2,(H2,18,22). The Morgan fingerprint density at radius 3 is 2.71 bits per heavy atom. The molecule has 1 saturated heterocycles. The topological polar surface area (TPSA) is 90.5 Å². The molecule has 126 valence electrons. The average molecular weight is 349 g/mol. The second kappa shape index (κ2) is 7.02. The fourth-order valence-corrected chi connectivity index (χ4v) is 2.82. The van der Waals surface area contributed by atoms with Gasteiger partial charge in [-0.05, 0) is 18.2 Å². The summed E-state index contributed by atoms with van der Waals surface area (Å²) in [4.78, 5) is 30.5. The molecule has 0 aliphatic carbocycles. The first-order chi connectivity index (χ1) is 11.5. The minimum atomic E-state index is -0.559. The predicted octanol–water partition coefficient (Wildman–Crippen LogP) is 0.750. The molecule has 1 aliphatic rings. The van der Waals surface area contributed by atoms with Crippen LogP contribution in [0.1, 0.15) is 5.82 Å². The molecule has 0 unspecified atom stereocenters. The van der Waals surface area contributed by atoms with Gasteiger partial charge < -0.3 is 15.4 Å². The van der Waals surface area contributed by atoms with Crippen LogP contribution in [-0.4, -0.2) is 41.8 Å². The number of morpholine rings is 1. The number of ether oxygens (including phenoxy) is 1. The number of benzene rings is 1. The molecular weight excluding hydrogens is 332 g/mol. The maximum Gasteiger partial charge on any atom is 0.260 e. The minimum absolute atomic E-state index is 0.139. The zero-order valence-corrected chi connectivity index (χ0v) is 13.7. The van der Waals surface area contributed by atoms with Gasteiger partial charge >= 0.3 is 0 Å². The number of rotatable bonds is 4. The third kappa shape index (κ3) is 3.58. The van der Waals surface area contributed by atoms with E-state index in [1.54, 1.807) is 24.3 Å². The zero-order valence-electron chi connectivity index (χ0n) is 12.9. The second-order valence-corrected chi connectivity index (χ2v) is 5.86. The summed E-state index contributed by atoms with van der Waals surface area (Å²) >= 11 is 6.01. The largest absolute Gasteiger partial charge is 0.378 e. The summed E-state index contributed by atoms with van der Waals surface area (Å²) in [5.41, 5.74) is 5.59. The van der Waals surface area contributed by atoms with Gasteiger partial charge in [-0.1, -0.05) is 17.7 Å². The van der Waals surface area contributed by atoms with E-state index < -0.39 is 5.91 Å². The van der Waals surface area contributed by atoms with Gasteiger partial charge in [-0.2, -0.15) is 0 Å². The number of aromatic nitrogens is 2. The van der Waals surface area contributed by atoms with Crippen LogP contribution in [-0.2, 0) is 16.0 Å². The summed E-state index contributed by atoms with van der Waals surface area (Å²) in [7, 11) is 0. The lowest BCUT2D eigenvalue weighted by molar-refractivity contribution is -0.117. The van der Waals surface area contributed by atoms with Crippen molar-refractivity contribution in [2.24, 2.45) is 5.73 Å². The van der Waals surface area contributed by atoms with Gasteiger partial charge in [-0.3, -0.25) is 14.2 Å². The highest BCUT2D eigenvalue weighted by Gasteiger charge is 2.18. The summed E-state index contributed by atoms with van der Waals surface area (Å²) in [6.07, 6.45) is -0.139. The first kappa shape index (κ1) is 16.5. The van der Waals surface area contributed by atoms with Crippen molar-refractivity contribution in [1.29, 1.82) is 0 Å². The second-order valence-electron chi connectivity index (χ2n) is 5.43. The highest BCUT2D eigenvalue weighted by molar-refractivity contribution is 6.30. The molecule has 1 aliphatic heterocycles. The molecule has 0 radical (unpaired) electrons. The van der Waals surface area contributed by atoms with Gasteiger partial charge in [0.1, 0.15) is 11.6 Å². The van der Waals surface area contributed by atoms with Gasteiger partial charge in [0.2, 0.25) is 5.91 Å². The number of nitrogens with zero attached hydrogens (tertiary/aromatic N) is 3. The average Bonchev–Trinajstić information content (AvgIpc) is 2.54. The number of nitrogens with two attached hydrogens (primary N) is 1. The molecule has 0 bridgehead atoms. The van der Waals surface area contributed by atoms with Crippen molar-refractivity contribution in [3.05, 3.63) is 51.5 Å². The fourth-order valence-electron chi connectivity index (χ4n) is 2.64. The van der Waals surface area contributed by atoms with Crippen LogP contribution in [0, 0.1) is 0 Å². The minimum Gasteiger partial charge on any atom is -0.378 e. The number of amides is 1. The Labute approximate surface area is 143 Å². The Balaban J connectivity index is 2.10. The van der Waals surface area contributed by atoms with Crippen molar-refractivity contribution < 1.29 is 9.53 Å². The van der Waals surface area contributed by atoms with Gasteiger partial charge in [-0.15, -0.1) is 0 Å². The monoisotopic (exact) mass is 348 g/mol. The molecular formula is C16H17ClN4O3. The summed E-state index contributed by atoms with van der Waals surface area (Å²) in [5, 5.41) is 0.488. The zero-order chi connectivity index (χ0) is 17.1. The lowest BCUT2D eigenvalue weighted by Gasteiger charge is -2.28. The van der Waals surface area contributed by atoms with Gasteiger partial charge in [0, 0.05) is 24.2 Å². The van der Waals surface area contributed by atoms with Gasteiger partial charge in [0.25, 0.3) is 5.56 Å². The Morgan fingerprint density at radius 1 is 1.29 bits per heavy atom. The van der Waals surface area contributed by atoms with E-state index in [0.29, 0.717) is 48.7 Å². The van der Waals surface area contributed by atoms with Crippen LogP contribution in [0.2, 0.25) is 5.02 Å². The highest BCUT2D eigenvalue weighted by atomic mass is 35.5. The maximum absolute atomic E-state index is 12.7. The molecule has 8 heteroatoms. The van der Waals surface area contributed by atoms with E-state index in [9.17, 15) is 9.59 Å². The van der Waals surface area contributed by atoms with Crippen molar-refractivity contribution in [1.82, 2.24) is 9.55 Å². The number of hydrogen-bond acceptors (Lipinski definition) is 5. The van der Waals surface area contributed by atoms with Crippen molar-refractivity contribution >= 4 is 23.3 Å². The molecule has 3 rings (SSSR count). The lowest BCUT2D eigenvalue weighted by atomic mass is 10.2. The van der Waals surface area contributed by atoms with Crippen LogP contribution in [0.3, 0.4) is 0 Å². The SMILES string of the molecule is NC(=O)Cc1nc(N2CCOCC2)cc(=O)n1-c1cccc(Cl)c1. The summed E-state index contributed by atoms with van der Waals surface area (Å²) in [6.45, 7) is 2.43. The molecule has 1 aromatic carbocycles. The van der Waals surface area contributed by atoms with Crippen molar-refractivity contribution in [2.75, 3.05) is 31.2 Å². The van der Waals surface area contributed by atoms with Gasteiger partial charge in [0.05, 0.1) is 25.3 Å². The van der Waals surface area contributed by atoms with Gasteiger partial charge in [-0.25, -0.2) is 4.98 Å². The number of hydrogen-bond donors (Lipinski definition) is 1. The van der Waals surface area contributed by atoms with E-state index in [1.165, 1.54) is 10.6 Å². The molecule has 2 N–H and O–H groups in total. The van der Waals surface area contributed by atoms with Crippen LogP contribution >= 0.6 is 11.6 Å². The van der Waals surface area contributed by atoms with E-state index >= 15 is 0 Å². The molecule has 7 nitrogen and oxygen atoms in total. The number of carbonyl (C=O) groups is 1. The number of primary amides is 1. The van der Waals surface area contributed by atoms with E-state index in [2.05, 4.69) is 4.98 Å². The molecule has 1 aromatic heterocycles.